The van der Waals surface area contributed by atoms with Crippen molar-refractivity contribution in [3.8, 4) is 22.7 Å². The zero-order chi connectivity index (χ0) is 24.4. The van der Waals surface area contributed by atoms with Crippen LogP contribution >= 0.6 is 0 Å². The van der Waals surface area contributed by atoms with E-state index in [1.54, 1.807) is 78.7 Å². The number of carbonyl (C=O) groups is 1. The third-order valence-corrected chi connectivity index (χ3v) is 6.16. The highest BCUT2D eigenvalue weighted by atomic mass is 19.1. The number of anilines is 1. The molecule has 0 N–H and O–H groups in total. The largest absolute Gasteiger partial charge is 0.497 e. The monoisotopic (exact) mass is 474 g/mol. The number of ether oxygens (including phenoxy) is 1. The van der Waals surface area contributed by atoms with Crippen LogP contribution in [0.2, 0.25) is 0 Å². The van der Waals surface area contributed by atoms with Crippen molar-refractivity contribution in [2.24, 2.45) is 0 Å². The van der Waals surface area contributed by atoms with Crippen molar-refractivity contribution in [3.05, 3.63) is 96.2 Å². The first-order valence-corrected chi connectivity index (χ1v) is 11.3. The average molecular weight is 475 g/mol. The van der Waals surface area contributed by atoms with E-state index in [0.717, 1.165) is 0 Å². The van der Waals surface area contributed by atoms with Crippen molar-refractivity contribution in [1.82, 2.24) is 14.7 Å². The van der Waals surface area contributed by atoms with Gasteiger partial charge in [-0.25, -0.2) is 13.5 Å². The number of aromatic nitrogens is 2. The minimum atomic E-state index is -0.413. The lowest BCUT2D eigenvalue weighted by Gasteiger charge is -2.36. The Morgan fingerprint density at radius 2 is 1.51 bits per heavy atom. The highest BCUT2D eigenvalue weighted by molar-refractivity contribution is 5.94. The van der Waals surface area contributed by atoms with Crippen LogP contribution in [0.3, 0.4) is 0 Å². The van der Waals surface area contributed by atoms with Crippen molar-refractivity contribution in [2.75, 3.05) is 38.2 Å². The highest BCUT2D eigenvalue weighted by Gasteiger charge is 2.27. The van der Waals surface area contributed by atoms with Crippen molar-refractivity contribution >= 4 is 11.6 Å². The second-order valence-electron chi connectivity index (χ2n) is 8.24. The number of amides is 1. The van der Waals surface area contributed by atoms with E-state index in [-0.39, 0.29) is 11.7 Å². The molecule has 8 heteroatoms. The van der Waals surface area contributed by atoms with Gasteiger partial charge in [0.1, 0.15) is 23.1 Å². The number of rotatable bonds is 5. The molecule has 0 saturated carbocycles. The van der Waals surface area contributed by atoms with Gasteiger partial charge in [0.15, 0.2) is 0 Å². The predicted molar refractivity (Wildman–Crippen MR) is 130 cm³/mol. The first-order chi connectivity index (χ1) is 17.0. The van der Waals surface area contributed by atoms with Crippen molar-refractivity contribution < 1.29 is 18.3 Å². The number of nitrogens with zero attached hydrogens (tertiary/aromatic N) is 4. The molecule has 0 bridgehead atoms. The first-order valence-electron chi connectivity index (χ1n) is 11.3. The van der Waals surface area contributed by atoms with Gasteiger partial charge in [-0.1, -0.05) is 24.3 Å². The van der Waals surface area contributed by atoms with Gasteiger partial charge in [0.2, 0.25) is 0 Å². The Bertz CT molecular complexity index is 1350. The SMILES string of the molecule is COc1ccc(-n2nc(-c3ccccc3F)cc2C(=O)N2CCN(c3ccccc3F)CC2)cc1. The molecule has 6 nitrogen and oxygen atoms in total. The molecule has 1 saturated heterocycles. The van der Waals surface area contributed by atoms with E-state index in [2.05, 4.69) is 5.10 Å². The second kappa shape index (κ2) is 9.58. The summed E-state index contributed by atoms with van der Waals surface area (Å²) in [4.78, 5) is 17.3. The summed E-state index contributed by atoms with van der Waals surface area (Å²) in [6.45, 7) is 1.86. The number of methoxy groups -OCH3 is 1. The number of carbonyl (C=O) groups excluding carboxylic acids is 1. The zero-order valence-corrected chi connectivity index (χ0v) is 19.2. The van der Waals surface area contributed by atoms with E-state index in [1.165, 1.54) is 16.8 Å². The van der Waals surface area contributed by atoms with Crippen LogP contribution in [-0.2, 0) is 0 Å². The number of hydrogen-bond donors (Lipinski definition) is 0. The van der Waals surface area contributed by atoms with Crippen LogP contribution in [0.5, 0.6) is 5.75 Å². The van der Waals surface area contributed by atoms with Gasteiger partial charge in [0.25, 0.3) is 5.91 Å². The molecule has 1 aliphatic rings. The van der Waals surface area contributed by atoms with Gasteiger partial charge in [0.05, 0.1) is 24.2 Å². The molecule has 0 radical (unpaired) electrons. The summed E-state index contributed by atoms with van der Waals surface area (Å²) < 4.78 is 35.5. The molecule has 35 heavy (non-hydrogen) atoms. The van der Waals surface area contributed by atoms with Crippen LogP contribution in [0.25, 0.3) is 16.9 Å². The van der Waals surface area contributed by atoms with E-state index < -0.39 is 5.82 Å². The third kappa shape index (κ3) is 4.47. The second-order valence-corrected chi connectivity index (χ2v) is 8.24. The van der Waals surface area contributed by atoms with Crippen LogP contribution in [-0.4, -0.2) is 53.9 Å². The highest BCUT2D eigenvalue weighted by Crippen LogP contribution is 2.27. The van der Waals surface area contributed by atoms with Crippen molar-refractivity contribution in [1.29, 1.82) is 0 Å². The minimum Gasteiger partial charge on any atom is -0.497 e. The van der Waals surface area contributed by atoms with Gasteiger partial charge < -0.3 is 14.5 Å². The van der Waals surface area contributed by atoms with E-state index >= 15 is 0 Å². The molecule has 0 unspecified atom stereocenters. The number of halogens is 2. The Balaban J connectivity index is 1.45. The molecule has 2 heterocycles. The smallest absolute Gasteiger partial charge is 0.272 e. The molecule has 0 atom stereocenters. The molecule has 4 aromatic rings. The number of hydrogen-bond acceptors (Lipinski definition) is 4. The van der Waals surface area contributed by atoms with E-state index in [1.807, 2.05) is 4.90 Å². The Morgan fingerprint density at radius 3 is 2.17 bits per heavy atom. The Morgan fingerprint density at radius 1 is 0.857 bits per heavy atom. The molecule has 1 fully saturated rings. The first kappa shape index (κ1) is 22.6. The fraction of sp³-hybridized carbons (Fsp3) is 0.185. The van der Waals surface area contributed by atoms with E-state index in [0.29, 0.717) is 60.3 Å². The summed E-state index contributed by atoms with van der Waals surface area (Å²) in [6.07, 6.45) is 0. The quantitative estimate of drug-likeness (QED) is 0.418. The van der Waals surface area contributed by atoms with Crippen LogP contribution in [0.1, 0.15) is 10.5 Å². The molecular weight excluding hydrogens is 450 g/mol. The van der Waals surface area contributed by atoms with Crippen LogP contribution < -0.4 is 9.64 Å². The summed E-state index contributed by atoms with van der Waals surface area (Å²) in [6, 6.07) is 21.7. The van der Waals surface area contributed by atoms with Crippen molar-refractivity contribution in [3.63, 3.8) is 0 Å². The average Bonchev–Trinajstić information content (AvgIpc) is 3.34. The van der Waals surface area contributed by atoms with Crippen LogP contribution in [0.15, 0.2) is 78.9 Å². The van der Waals surface area contributed by atoms with Crippen molar-refractivity contribution in [2.45, 2.75) is 0 Å². The van der Waals surface area contributed by atoms with Gasteiger partial charge in [-0.3, -0.25) is 4.79 Å². The van der Waals surface area contributed by atoms with Gasteiger partial charge in [-0.05, 0) is 54.6 Å². The van der Waals surface area contributed by atoms with Gasteiger partial charge in [-0.15, -0.1) is 0 Å². The molecule has 3 aromatic carbocycles. The Labute approximate surface area is 202 Å². The summed E-state index contributed by atoms with van der Waals surface area (Å²) in [5.74, 6) is -0.236. The minimum absolute atomic E-state index is 0.218. The third-order valence-electron chi connectivity index (χ3n) is 6.16. The standard InChI is InChI=1S/C27H24F2N4O2/c1-35-20-12-10-19(11-13-20)33-26(18-24(30-33)21-6-2-3-7-22(21)28)27(34)32-16-14-31(15-17-32)25-9-5-4-8-23(25)29/h2-13,18H,14-17H2,1H3. The van der Waals surface area contributed by atoms with Crippen LogP contribution in [0.4, 0.5) is 14.5 Å². The lowest BCUT2D eigenvalue weighted by atomic mass is 10.1. The maximum atomic E-state index is 14.5. The fourth-order valence-corrected chi connectivity index (χ4v) is 4.27. The topological polar surface area (TPSA) is 50.6 Å². The Kier molecular flexibility index (Phi) is 6.18. The number of piperazine rings is 1. The lowest BCUT2D eigenvalue weighted by Crippen LogP contribution is -2.49. The lowest BCUT2D eigenvalue weighted by molar-refractivity contribution is 0.0737. The number of para-hydroxylation sites is 1. The van der Waals surface area contributed by atoms with E-state index in [4.69, 9.17) is 4.74 Å². The molecule has 0 aliphatic carbocycles. The Hall–Kier alpha value is -4.20. The molecule has 1 aliphatic heterocycles. The molecule has 0 spiro atoms. The fourth-order valence-electron chi connectivity index (χ4n) is 4.27. The molecular formula is C27H24F2N4O2. The van der Waals surface area contributed by atoms with Gasteiger partial charge >= 0.3 is 0 Å². The molecule has 1 aromatic heterocycles. The van der Waals surface area contributed by atoms with Crippen LogP contribution in [0, 0.1) is 11.6 Å². The summed E-state index contributed by atoms with van der Waals surface area (Å²) >= 11 is 0. The summed E-state index contributed by atoms with van der Waals surface area (Å²) in [5.41, 5.74) is 2.20. The summed E-state index contributed by atoms with van der Waals surface area (Å²) in [5, 5.41) is 4.59. The molecule has 178 valence electrons. The van der Waals surface area contributed by atoms with E-state index in [9.17, 15) is 13.6 Å². The maximum Gasteiger partial charge on any atom is 0.272 e. The molecule has 1 amide bonds. The van der Waals surface area contributed by atoms with Gasteiger partial charge in [0, 0.05) is 31.7 Å². The normalized spacial score (nSPS) is 13.7. The summed E-state index contributed by atoms with van der Waals surface area (Å²) in [7, 11) is 1.58. The van der Waals surface area contributed by atoms with Gasteiger partial charge in [-0.2, -0.15) is 5.10 Å². The molecule has 5 rings (SSSR count). The maximum absolute atomic E-state index is 14.5. The number of benzene rings is 3. The predicted octanol–water partition coefficient (Wildman–Crippen LogP) is 4.79. The zero-order valence-electron chi connectivity index (χ0n) is 19.2.